The van der Waals surface area contributed by atoms with Crippen molar-refractivity contribution in [2.24, 2.45) is 0 Å². The molecule has 20 heavy (non-hydrogen) atoms. The van der Waals surface area contributed by atoms with Gasteiger partial charge in [0.05, 0.1) is 12.7 Å². The Balaban J connectivity index is 1.45. The molecule has 1 heterocycles. The molecule has 2 fully saturated rings. The van der Waals surface area contributed by atoms with Crippen molar-refractivity contribution in [1.82, 2.24) is 5.32 Å². The van der Waals surface area contributed by atoms with E-state index in [2.05, 4.69) is 5.32 Å². The average molecular weight is 279 g/mol. The Kier molecular flexibility index (Phi) is 4.53. The van der Waals surface area contributed by atoms with E-state index >= 15 is 0 Å². The highest BCUT2D eigenvalue weighted by molar-refractivity contribution is 5.29. The summed E-state index contributed by atoms with van der Waals surface area (Å²) >= 11 is 0. The minimum atomic E-state index is -0.271. The van der Waals surface area contributed by atoms with Crippen molar-refractivity contribution in [1.29, 1.82) is 0 Å². The van der Waals surface area contributed by atoms with Gasteiger partial charge in [-0.3, -0.25) is 0 Å². The smallest absolute Gasteiger partial charge is 0.165 e. The predicted octanol–water partition coefficient (Wildman–Crippen LogP) is 3.03. The predicted molar refractivity (Wildman–Crippen MR) is 75.3 cm³/mol. The van der Waals surface area contributed by atoms with E-state index in [1.165, 1.54) is 12.8 Å². The molecule has 1 aliphatic heterocycles. The largest absolute Gasteiger partial charge is 0.490 e. The topological polar surface area (TPSA) is 30.5 Å². The van der Waals surface area contributed by atoms with Crippen LogP contribution in [0.1, 0.15) is 37.7 Å². The van der Waals surface area contributed by atoms with Gasteiger partial charge in [-0.05, 0) is 43.4 Å². The fraction of sp³-hybridized carbons (Fsp3) is 0.625. The lowest BCUT2D eigenvalue weighted by Crippen LogP contribution is -2.15. The van der Waals surface area contributed by atoms with E-state index in [1.807, 2.05) is 6.07 Å². The van der Waals surface area contributed by atoms with Gasteiger partial charge in [0.15, 0.2) is 11.6 Å². The molecule has 1 atom stereocenters. The molecule has 1 aromatic rings. The Morgan fingerprint density at radius 2 is 2.20 bits per heavy atom. The van der Waals surface area contributed by atoms with Crippen molar-refractivity contribution in [2.45, 2.75) is 50.8 Å². The Labute approximate surface area is 119 Å². The summed E-state index contributed by atoms with van der Waals surface area (Å²) in [6.45, 7) is 2.10. The third-order valence-corrected chi connectivity index (χ3v) is 3.89. The molecular weight excluding hydrogens is 257 g/mol. The van der Waals surface area contributed by atoms with Gasteiger partial charge in [-0.1, -0.05) is 6.07 Å². The van der Waals surface area contributed by atoms with Crippen molar-refractivity contribution in [3.05, 3.63) is 29.6 Å². The van der Waals surface area contributed by atoms with Crippen LogP contribution in [0.4, 0.5) is 4.39 Å². The van der Waals surface area contributed by atoms with Crippen molar-refractivity contribution in [2.75, 3.05) is 13.2 Å². The first-order valence-corrected chi connectivity index (χ1v) is 7.57. The molecule has 1 saturated carbocycles. The number of hydrogen-bond donors (Lipinski definition) is 1. The zero-order chi connectivity index (χ0) is 13.8. The number of nitrogens with one attached hydrogen (secondary N) is 1. The van der Waals surface area contributed by atoms with Gasteiger partial charge >= 0.3 is 0 Å². The van der Waals surface area contributed by atoms with Crippen molar-refractivity contribution in [3.8, 4) is 5.75 Å². The molecule has 110 valence electrons. The molecule has 3 nitrogen and oxygen atoms in total. The van der Waals surface area contributed by atoms with E-state index in [0.717, 1.165) is 38.0 Å². The Morgan fingerprint density at radius 3 is 2.90 bits per heavy atom. The van der Waals surface area contributed by atoms with Crippen LogP contribution in [-0.4, -0.2) is 25.4 Å². The van der Waals surface area contributed by atoms with E-state index in [0.29, 0.717) is 24.5 Å². The molecule has 1 saturated heterocycles. The number of rotatable bonds is 7. The molecule has 0 bridgehead atoms. The quantitative estimate of drug-likeness (QED) is 0.832. The highest BCUT2D eigenvalue weighted by Crippen LogP contribution is 2.22. The van der Waals surface area contributed by atoms with Crippen LogP contribution < -0.4 is 10.1 Å². The normalized spacial score (nSPS) is 22.1. The lowest BCUT2D eigenvalue weighted by molar-refractivity contribution is 0.0897. The van der Waals surface area contributed by atoms with Crippen LogP contribution >= 0.6 is 0 Å². The summed E-state index contributed by atoms with van der Waals surface area (Å²) in [7, 11) is 0. The average Bonchev–Trinajstić information content (AvgIpc) is 3.14. The summed E-state index contributed by atoms with van der Waals surface area (Å²) in [5, 5.41) is 3.38. The molecule has 1 aromatic carbocycles. The van der Waals surface area contributed by atoms with Gasteiger partial charge in [0.25, 0.3) is 0 Å². The SMILES string of the molecule is Fc1cc(CNC2CC2)ccc1OCCC1CCCO1. The van der Waals surface area contributed by atoms with Gasteiger partial charge in [-0.15, -0.1) is 0 Å². The van der Waals surface area contributed by atoms with Crippen LogP contribution in [0, 0.1) is 5.82 Å². The summed E-state index contributed by atoms with van der Waals surface area (Å²) in [6, 6.07) is 5.87. The molecular formula is C16H22FNO2. The van der Waals surface area contributed by atoms with Gasteiger partial charge < -0.3 is 14.8 Å². The summed E-state index contributed by atoms with van der Waals surface area (Å²) < 4.78 is 24.9. The Morgan fingerprint density at radius 1 is 1.30 bits per heavy atom. The zero-order valence-corrected chi connectivity index (χ0v) is 11.7. The van der Waals surface area contributed by atoms with E-state index in [-0.39, 0.29) is 5.82 Å². The first-order chi connectivity index (χ1) is 9.81. The fourth-order valence-electron chi connectivity index (χ4n) is 2.49. The standard InChI is InChI=1S/C16H22FNO2/c17-15-10-12(11-18-13-4-5-13)3-6-16(15)20-9-7-14-2-1-8-19-14/h3,6,10,13-14,18H,1-2,4-5,7-9,11H2. The number of ether oxygens (including phenoxy) is 2. The maximum absolute atomic E-state index is 13.9. The van der Waals surface area contributed by atoms with Crippen LogP contribution in [0.2, 0.25) is 0 Å². The lowest BCUT2D eigenvalue weighted by Gasteiger charge is -2.12. The van der Waals surface area contributed by atoms with Crippen molar-refractivity contribution in [3.63, 3.8) is 0 Å². The summed E-state index contributed by atoms with van der Waals surface area (Å²) in [4.78, 5) is 0. The van der Waals surface area contributed by atoms with E-state index in [1.54, 1.807) is 12.1 Å². The number of hydrogen-bond acceptors (Lipinski definition) is 3. The highest BCUT2D eigenvalue weighted by atomic mass is 19.1. The molecule has 0 aromatic heterocycles. The summed E-state index contributed by atoms with van der Waals surface area (Å²) in [5.41, 5.74) is 0.973. The molecule has 2 aliphatic rings. The van der Waals surface area contributed by atoms with E-state index < -0.39 is 0 Å². The molecule has 0 amide bonds. The minimum Gasteiger partial charge on any atom is -0.490 e. The van der Waals surface area contributed by atoms with Gasteiger partial charge in [0, 0.05) is 25.6 Å². The molecule has 1 unspecified atom stereocenters. The van der Waals surface area contributed by atoms with Crippen molar-refractivity contribution >= 4 is 0 Å². The summed E-state index contributed by atoms with van der Waals surface area (Å²) in [6.07, 6.45) is 5.84. The molecule has 1 N–H and O–H groups in total. The van der Waals surface area contributed by atoms with E-state index in [4.69, 9.17) is 9.47 Å². The zero-order valence-electron chi connectivity index (χ0n) is 11.7. The molecule has 0 radical (unpaired) electrons. The third kappa shape index (κ3) is 3.93. The second kappa shape index (κ2) is 6.55. The van der Waals surface area contributed by atoms with Crippen LogP contribution in [0.25, 0.3) is 0 Å². The molecule has 0 spiro atoms. The molecule has 1 aliphatic carbocycles. The van der Waals surface area contributed by atoms with Crippen LogP contribution in [-0.2, 0) is 11.3 Å². The first-order valence-electron chi connectivity index (χ1n) is 7.57. The minimum absolute atomic E-state index is 0.271. The number of halogens is 1. The second-order valence-corrected chi connectivity index (χ2v) is 5.69. The third-order valence-electron chi connectivity index (χ3n) is 3.89. The van der Waals surface area contributed by atoms with Gasteiger partial charge in [-0.2, -0.15) is 0 Å². The van der Waals surface area contributed by atoms with Crippen molar-refractivity contribution < 1.29 is 13.9 Å². The first kappa shape index (κ1) is 13.8. The van der Waals surface area contributed by atoms with Gasteiger partial charge in [-0.25, -0.2) is 4.39 Å². The lowest BCUT2D eigenvalue weighted by atomic mass is 10.2. The van der Waals surface area contributed by atoms with Gasteiger partial charge in [0.1, 0.15) is 0 Å². The monoisotopic (exact) mass is 279 g/mol. The maximum Gasteiger partial charge on any atom is 0.165 e. The van der Waals surface area contributed by atoms with Crippen LogP contribution in [0.3, 0.4) is 0 Å². The Bertz CT molecular complexity index is 442. The molecule has 4 heteroatoms. The second-order valence-electron chi connectivity index (χ2n) is 5.69. The van der Waals surface area contributed by atoms with Crippen LogP contribution in [0.15, 0.2) is 18.2 Å². The fourth-order valence-corrected chi connectivity index (χ4v) is 2.49. The van der Waals surface area contributed by atoms with Crippen LogP contribution in [0.5, 0.6) is 5.75 Å². The van der Waals surface area contributed by atoms with E-state index in [9.17, 15) is 4.39 Å². The number of benzene rings is 1. The highest BCUT2D eigenvalue weighted by Gasteiger charge is 2.20. The molecule has 3 rings (SSSR count). The summed E-state index contributed by atoms with van der Waals surface area (Å²) in [5.74, 6) is 0.0746. The maximum atomic E-state index is 13.9. The Hall–Kier alpha value is -1.13. The van der Waals surface area contributed by atoms with Gasteiger partial charge in [0.2, 0.25) is 0 Å².